The number of benzene rings is 8. The molecular formula is C58H48N2. The highest BCUT2D eigenvalue weighted by Gasteiger charge is 2.51. The molecule has 0 amide bonds. The average molecular weight is 773 g/mol. The fraction of sp³-hybridized carbons (Fsp3) is 0.172. The molecule has 290 valence electrons. The molecule has 0 atom stereocenters. The summed E-state index contributed by atoms with van der Waals surface area (Å²) in [6, 6.07) is 74.0. The van der Waals surface area contributed by atoms with Crippen molar-refractivity contribution in [1.82, 2.24) is 4.57 Å². The third-order valence-electron chi connectivity index (χ3n) is 14.4. The molecular weight excluding hydrogens is 725 g/mol. The van der Waals surface area contributed by atoms with Crippen LogP contribution in [0.2, 0.25) is 0 Å². The van der Waals surface area contributed by atoms with Gasteiger partial charge in [0.25, 0.3) is 0 Å². The van der Waals surface area contributed by atoms with Crippen molar-refractivity contribution in [2.24, 2.45) is 17.8 Å². The Kier molecular flexibility index (Phi) is 8.40. The summed E-state index contributed by atoms with van der Waals surface area (Å²) in [5, 5.41) is 2.54. The van der Waals surface area contributed by atoms with Crippen LogP contribution in [-0.2, 0) is 5.41 Å². The van der Waals surface area contributed by atoms with E-state index in [1.165, 1.54) is 99.4 Å². The molecule has 1 heterocycles. The average Bonchev–Trinajstić information content (AvgIpc) is 3.64. The van der Waals surface area contributed by atoms with Gasteiger partial charge in [-0.15, -0.1) is 0 Å². The predicted molar refractivity (Wildman–Crippen MR) is 252 cm³/mol. The summed E-state index contributed by atoms with van der Waals surface area (Å²) in [7, 11) is 0. The predicted octanol–water partition coefficient (Wildman–Crippen LogP) is 15.7. The molecule has 9 aromatic rings. The third-order valence-corrected chi connectivity index (χ3v) is 14.4. The first kappa shape index (κ1) is 35.3. The largest absolute Gasteiger partial charge is 0.311 e. The number of nitrogens with zero attached hydrogens (tertiary/aromatic N) is 2. The standard InChI is InChI=1S/C58H48N2/c1-2-10-43(11-3-1)45-20-28-49(29-21-45)59(50-30-22-46(23-31-50)44-18-26-48(27-19-44)58-37-40-34-41(38-58)36-42(35-40)39-58)51-32-24-47(25-33-51)52-12-4-7-15-55(52)60-56-16-8-5-13-53(56)54-14-6-9-17-57(54)60/h1-33,40-42H,34-39H2/t40-,41-,42-,58?. The molecule has 0 spiro atoms. The summed E-state index contributed by atoms with van der Waals surface area (Å²) < 4.78 is 2.42. The van der Waals surface area contributed by atoms with E-state index < -0.39 is 0 Å². The lowest BCUT2D eigenvalue weighted by atomic mass is 9.48. The minimum atomic E-state index is 0.427. The first-order valence-corrected chi connectivity index (χ1v) is 22.0. The van der Waals surface area contributed by atoms with E-state index in [9.17, 15) is 0 Å². The molecule has 4 aliphatic carbocycles. The van der Waals surface area contributed by atoms with E-state index in [2.05, 4.69) is 210 Å². The van der Waals surface area contributed by atoms with Gasteiger partial charge in [-0.05, 0) is 150 Å². The Morgan fingerprint density at radius 3 is 1.28 bits per heavy atom. The van der Waals surface area contributed by atoms with Crippen LogP contribution < -0.4 is 4.90 Å². The van der Waals surface area contributed by atoms with E-state index >= 15 is 0 Å². The summed E-state index contributed by atoms with van der Waals surface area (Å²) in [6.45, 7) is 0. The number of aromatic nitrogens is 1. The van der Waals surface area contributed by atoms with Crippen LogP contribution in [0.25, 0.3) is 60.9 Å². The molecule has 8 aromatic carbocycles. The highest BCUT2D eigenvalue weighted by atomic mass is 15.1. The number of anilines is 3. The maximum absolute atomic E-state index is 2.47. The second kappa shape index (κ2) is 14.3. The first-order valence-electron chi connectivity index (χ1n) is 22.0. The van der Waals surface area contributed by atoms with Crippen LogP contribution in [-0.4, -0.2) is 4.57 Å². The molecule has 0 radical (unpaired) electrons. The molecule has 4 aliphatic rings. The molecule has 0 saturated heterocycles. The summed E-state index contributed by atoms with van der Waals surface area (Å²) in [5.41, 5.74) is 16.4. The highest BCUT2D eigenvalue weighted by Crippen LogP contribution is 2.60. The maximum Gasteiger partial charge on any atom is 0.0541 e. The zero-order valence-corrected chi connectivity index (χ0v) is 33.9. The number of fused-ring (bicyclic) bond motifs is 3. The quantitative estimate of drug-likeness (QED) is 0.149. The van der Waals surface area contributed by atoms with Crippen molar-refractivity contribution < 1.29 is 0 Å². The maximum atomic E-state index is 2.47. The number of hydrogen-bond acceptors (Lipinski definition) is 1. The van der Waals surface area contributed by atoms with Gasteiger partial charge in [0.05, 0.1) is 16.7 Å². The second-order valence-electron chi connectivity index (χ2n) is 18.0. The van der Waals surface area contributed by atoms with Gasteiger partial charge in [0, 0.05) is 33.4 Å². The van der Waals surface area contributed by atoms with Crippen LogP contribution in [0.4, 0.5) is 17.1 Å². The lowest BCUT2D eigenvalue weighted by Crippen LogP contribution is -2.48. The molecule has 4 bridgehead atoms. The highest BCUT2D eigenvalue weighted by molar-refractivity contribution is 6.09. The Balaban J connectivity index is 0.892. The van der Waals surface area contributed by atoms with Gasteiger partial charge in [0.1, 0.15) is 0 Å². The lowest BCUT2D eigenvalue weighted by molar-refractivity contribution is -0.00518. The Hall–Kier alpha value is -6.64. The molecule has 4 saturated carbocycles. The van der Waals surface area contributed by atoms with Crippen LogP contribution in [0.1, 0.15) is 44.1 Å². The van der Waals surface area contributed by atoms with E-state index in [0.717, 1.165) is 34.8 Å². The SMILES string of the molecule is c1ccc(-c2ccc(N(c3ccc(-c4ccc(C56C[C@H]7C[C@H](C5)C[C@@H](C6)C7)cc4)cc3)c3ccc(-c4ccccc4-n4c5ccccc5c5ccccc54)cc3)cc2)cc1. The van der Waals surface area contributed by atoms with E-state index in [4.69, 9.17) is 0 Å². The number of para-hydroxylation sites is 3. The van der Waals surface area contributed by atoms with Crippen molar-refractivity contribution in [1.29, 1.82) is 0 Å². The minimum Gasteiger partial charge on any atom is -0.311 e. The molecule has 2 nitrogen and oxygen atoms in total. The zero-order valence-electron chi connectivity index (χ0n) is 33.9. The fourth-order valence-electron chi connectivity index (χ4n) is 12.0. The number of rotatable bonds is 8. The molecule has 4 fully saturated rings. The molecule has 0 aliphatic heterocycles. The summed E-state index contributed by atoms with van der Waals surface area (Å²) >= 11 is 0. The van der Waals surface area contributed by atoms with Crippen molar-refractivity contribution >= 4 is 38.9 Å². The molecule has 1 aromatic heterocycles. The van der Waals surface area contributed by atoms with Crippen molar-refractivity contribution in [2.45, 2.75) is 43.9 Å². The van der Waals surface area contributed by atoms with Crippen LogP contribution >= 0.6 is 0 Å². The van der Waals surface area contributed by atoms with Gasteiger partial charge in [-0.1, -0.05) is 146 Å². The second-order valence-corrected chi connectivity index (χ2v) is 18.0. The Labute approximate surface area is 353 Å². The molecule has 13 rings (SSSR count). The van der Waals surface area contributed by atoms with E-state index in [0.29, 0.717) is 5.41 Å². The smallest absolute Gasteiger partial charge is 0.0541 e. The lowest BCUT2D eigenvalue weighted by Gasteiger charge is -2.57. The summed E-state index contributed by atoms with van der Waals surface area (Å²) in [5.74, 6) is 2.87. The Morgan fingerprint density at radius 1 is 0.367 bits per heavy atom. The summed E-state index contributed by atoms with van der Waals surface area (Å²) in [4.78, 5) is 2.39. The summed E-state index contributed by atoms with van der Waals surface area (Å²) in [6.07, 6.45) is 8.68. The van der Waals surface area contributed by atoms with Gasteiger partial charge < -0.3 is 9.47 Å². The molecule has 0 unspecified atom stereocenters. The Bertz CT molecular complexity index is 2880. The molecule has 2 heteroatoms. The van der Waals surface area contributed by atoms with E-state index in [-0.39, 0.29) is 0 Å². The van der Waals surface area contributed by atoms with Gasteiger partial charge in [-0.25, -0.2) is 0 Å². The Morgan fingerprint density at radius 2 is 0.767 bits per heavy atom. The van der Waals surface area contributed by atoms with Crippen molar-refractivity contribution in [2.75, 3.05) is 4.90 Å². The zero-order chi connectivity index (χ0) is 39.6. The fourth-order valence-corrected chi connectivity index (χ4v) is 12.0. The monoisotopic (exact) mass is 772 g/mol. The van der Waals surface area contributed by atoms with Gasteiger partial charge in [0.2, 0.25) is 0 Å². The van der Waals surface area contributed by atoms with Gasteiger partial charge in [0.15, 0.2) is 0 Å². The number of hydrogen-bond donors (Lipinski definition) is 0. The van der Waals surface area contributed by atoms with Crippen LogP contribution in [0.3, 0.4) is 0 Å². The minimum absolute atomic E-state index is 0.427. The van der Waals surface area contributed by atoms with Crippen molar-refractivity contribution in [3.8, 4) is 39.1 Å². The van der Waals surface area contributed by atoms with Gasteiger partial charge >= 0.3 is 0 Å². The van der Waals surface area contributed by atoms with Gasteiger partial charge in [-0.2, -0.15) is 0 Å². The molecule has 0 N–H and O–H groups in total. The first-order chi connectivity index (χ1) is 29.7. The van der Waals surface area contributed by atoms with Crippen LogP contribution in [0.5, 0.6) is 0 Å². The normalized spacial score (nSPS) is 20.5. The van der Waals surface area contributed by atoms with Crippen LogP contribution in [0, 0.1) is 17.8 Å². The third kappa shape index (κ3) is 6.00. The van der Waals surface area contributed by atoms with Gasteiger partial charge in [-0.3, -0.25) is 0 Å². The molecule has 60 heavy (non-hydrogen) atoms. The van der Waals surface area contributed by atoms with E-state index in [1.54, 1.807) is 5.56 Å². The van der Waals surface area contributed by atoms with Crippen molar-refractivity contribution in [3.05, 3.63) is 206 Å². The topological polar surface area (TPSA) is 8.17 Å². The van der Waals surface area contributed by atoms with Crippen molar-refractivity contribution in [3.63, 3.8) is 0 Å². The van der Waals surface area contributed by atoms with E-state index in [1.807, 2.05) is 0 Å². The van der Waals surface area contributed by atoms with Crippen LogP contribution in [0.15, 0.2) is 200 Å².